The standard InChI is InChI=1S/C12H17FN2/c1-2-15(11-5-6-11)8-9-3-4-10(14)7-12(9)13/h3-4,7,11H,2,5-6,8,14H2,1H3. The first-order valence-electron chi connectivity index (χ1n) is 5.48. The van der Waals surface area contributed by atoms with Crippen molar-refractivity contribution in [3.05, 3.63) is 29.6 Å². The van der Waals surface area contributed by atoms with Crippen molar-refractivity contribution in [3.63, 3.8) is 0 Å². The molecule has 1 aromatic carbocycles. The van der Waals surface area contributed by atoms with Gasteiger partial charge in [0.25, 0.3) is 0 Å². The monoisotopic (exact) mass is 208 g/mol. The minimum Gasteiger partial charge on any atom is -0.399 e. The smallest absolute Gasteiger partial charge is 0.129 e. The van der Waals surface area contributed by atoms with Crippen molar-refractivity contribution < 1.29 is 4.39 Å². The molecule has 1 aromatic rings. The number of hydrogen-bond acceptors (Lipinski definition) is 2. The van der Waals surface area contributed by atoms with Crippen LogP contribution < -0.4 is 5.73 Å². The van der Waals surface area contributed by atoms with Crippen LogP contribution in [0.4, 0.5) is 10.1 Å². The van der Waals surface area contributed by atoms with Gasteiger partial charge in [-0.15, -0.1) is 0 Å². The van der Waals surface area contributed by atoms with Crippen LogP contribution in [0.1, 0.15) is 25.3 Å². The van der Waals surface area contributed by atoms with Crippen molar-refractivity contribution in [3.8, 4) is 0 Å². The van der Waals surface area contributed by atoms with Crippen molar-refractivity contribution >= 4 is 5.69 Å². The second-order valence-corrected chi connectivity index (χ2v) is 4.15. The molecule has 82 valence electrons. The lowest BCUT2D eigenvalue weighted by Gasteiger charge is -2.20. The van der Waals surface area contributed by atoms with E-state index in [9.17, 15) is 4.39 Å². The van der Waals surface area contributed by atoms with E-state index in [1.807, 2.05) is 0 Å². The average Bonchev–Trinajstić information content (AvgIpc) is 3.00. The highest BCUT2D eigenvalue weighted by molar-refractivity contribution is 5.40. The first-order chi connectivity index (χ1) is 7.20. The zero-order valence-corrected chi connectivity index (χ0v) is 9.04. The zero-order valence-electron chi connectivity index (χ0n) is 9.04. The molecule has 2 rings (SSSR count). The molecule has 2 nitrogen and oxygen atoms in total. The van der Waals surface area contributed by atoms with Crippen LogP contribution in [-0.4, -0.2) is 17.5 Å². The molecule has 1 aliphatic carbocycles. The van der Waals surface area contributed by atoms with Crippen molar-refractivity contribution in [1.29, 1.82) is 0 Å². The normalized spacial score (nSPS) is 15.9. The van der Waals surface area contributed by atoms with E-state index >= 15 is 0 Å². The molecule has 0 radical (unpaired) electrons. The molecule has 0 atom stereocenters. The fraction of sp³-hybridized carbons (Fsp3) is 0.500. The van der Waals surface area contributed by atoms with E-state index in [0.717, 1.165) is 12.1 Å². The van der Waals surface area contributed by atoms with E-state index in [1.54, 1.807) is 12.1 Å². The van der Waals surface area contributed by atoms with Crippen LogP contribution in [0.5, 0.6) is 0 Å². The molecule has 1 fully saturated rings. The van der Waals surface area contributed by atoms with Gasteiger partial charge in [-0.25, -0.2) is 4.39 Å². The van der Waals surface area contributed by atoms with Gasteiger partial charge in [-0.3, -0.25) is 4.90 Å². The maximum absolute atomic E-state index is 13.5. The second kappa shape index (κ2) is 4.19. The second-order valence-electron chi connectivity index (χ2n) is 4.15. The first kappa shape index (κ1) is 10.4. The lowest BCUT2D eigenvalue weighted by Crippen LogP contribution is -2.25. The number of nitrogen functional groups attached to an aromatic ring is 1. The number of anilines is 1. The van der Waals surface area contributed by atoms with Crippen molar-refractivity contribution in [2.75, 3.05) is 12.3 Å². The number of nitrogens with two attached hydrogens (primary N) is 1. The molecule has 0 unspecified atom stereocenters. The largest absolute Gasteiger partial charge is 0.399 e. The molecule has 0 spiro atoms. The van der Waals surface area contributed by atoms with Gasteiger partial charge < -0.3 is 5.73 Å². The van der Waals surface area contributed by atoms with Crippen molar-refractivity contribution in [2.24, 2.45) is 0 Å². The van der Waals surface area contributed by atoms with Crippen LogP contribution in [-0.2, 0) is 6.54 Å². The Kier molecular flexibility index (Phi) is 2.91. The number of halogens is 1. The van der Waals surface area contributed by atoms with Gasteiger partial charge in [0.2, 0.25) is 0 Å². The minimum absolute atomic E-state index is 0.186. The summed E-state index contributed by atoms with van der Waals surface area (Å²) >= 11 is 0. The molecule has 1 aliphatic rings. The van der Waals surface area contributed by atoms with Gasteiger partial charge in [0, 0.05) is 23.8 Å². The summed E-state index contributed by atoms with van der Waals surface area (Å²) in [6.45, 7) is 3.80. The first-order valence-corrected chi connectivity index (χ1v) is 5.48. The number of rotatable bonds is 4. The summed E-state index contributed by atoms with van der Waals surface area (Å²) in [5, 5.41) is 0. The molecule has 15 heavy (non-hydrogen) atoms. The van der Waals surface area contributed by atoms with E-state index < -0.39 is 0 Å². The summed E-state index contributed by atoms with van der Waals surface area (Å²) in [6.07, 6.45) is 2.51. The van der Waals surface area contributed by atoms with E-state index in [4.69, 9.17) is 5.73 Å². The Labute approximate surface area is 89.9 Å². The minimum atomic E-state index is -0.186. The average molecular weight is 208 g/mol. The van der Waals surface area contributed by atoms with Crippen LogP contribution in [0.3, 0.4) is 0 Å². The summed E-state index contributed by atoms with van der Waals surface area (Å²) in [7, 11) is 0. The van der Waals surface area contributed by atoms with Crippen LogP contribution in [0.25, 0.3) is 0 Å². The van der Waals surface area contributed by atoms with E-state index in [-0.39, 0.29) is 5.82 Å². The predicted octanol–water partition coefficient (Wildman–Crippen LogP) is 2.39. The molecule has 0 heterocycles. The number of nitrogens with zero attached hydrogens (tertiary/aromatic N) is 1. The van der Waals surface area contributed by atoms with Crippen molar-refractivity contribution in [1.82, 2.24) is 4.90 Å². The fourth-order valence-electron chi connectivity index (χ4n) is 1.85. The van der Waals surface area contributed by atoms with E-state index in [2.05, 4.69) is 11.8 Å². The highest BCUT2D eigenvalue weighted by atomic mass is 19.1. The summed E-state index contributed by atoms with van der Waals surface area (Å²) in [6, 6.07) is 5.62. The van der Waals surface area contributed by atoms with Gasteiger partial charge >= 0.3 is 0 Å². The van der Waals surface area contributed by atoms with E-state index in [1.165, 1.54) is 18.9 Å². The summed E-state index contributed by atoms with van der Waals surface area (Å²) in [4.78, 5) is 2.31. The molecular formula is C12H17FN2. The molecule has 0 aromatic heterocycles. The van der Waals surface area contributed by atoms with Gasteiger partial charge in [-0.05, 0) is 31.5 Å². The third-order valence-corrected chi connectivity index (χ3v) is 2.92. The summed E-state index contributed by atoms with van der Waals surface area (Å²) < 4.78 is 13.5. The van der Waals surface area contributed by atoms with Crippen molar-refractivity contribution in [2.45, 2.75) is 32.4 Å². The lowest BCUT2D eigenvalue weighted by molar-refractivity contribution is 0.265. The Bertz CT molecular complexity index is 347. The van der Waals surface area contributed by atoms with Crippen LogP contribution in [0.2, 0.25) is 0 Å². The van der Waals surface area contributed by atoms with E-state index in [0.29, 0.717) is 18.3 Å². The summed E-state index contributed by atoms with van der Waals surface area (Å²) in [5.41, 5.74) is 6.75. The molecule has 0 amide bonds. The zero-order chi connectivity index (χ0) is 10.8. The maximum atomic E-state index is 13.5. The Morgan fingerprint density at radius 3 is 2.73 bits per heavy atom. The van der Waals surface area contributed by atoms with Crippen LogP contribution in [0.15, 0.2) is 18.2 Å². The fourth-order valence-corrected chi connectivity index (χ4v) is 1.85. The van der Waals surface area contributed by atoms with Crippen LogP contribution >= 0.6 is 0 Å². The molecule has 1 saturated carbocycles. The molecular weight excluding hydrogens is 191 g/mol. The van der Waals surface area contributed by atoms with Gasteiger partial charge in [0.1, 0.15) is 5.82 Å². The highest BCUT2D eigenvalue weighted by Gasteiger charge is 2.28. The Hall–Kier alpha value is -1.09. The summed E-state index contributed by atoms with van der Waals surface area (Å²) in [5.74, 6) is -0.186. The third kappa shape index (κ3) is 2.48. The van der Waals surface area contributed by atoms with Gasteiger partial charge in [-0.2, -0.15) is 0 Å². The quantitative estimate of drug-likeness (QED) is 0.770. The number of hydrogen-bond donors (Lipinski definition) is 1. The Morgan fingerprint density at radius 2 is 2.20 bits per heavy atom. The van der Waals surface area contributed by atoms with Gasteiger partial charge in [0.05, 0.1) is 0 Å². The van der Waals surface area contributed by atoms with Gasteiger partial charge in [0.15, 0.2) is 0 Å². The predicted molar refractivity (Wildman–Crippen MR) is 59.9 cm³/mol. The van der Waals surface area contributed by atoms with Crippen LogP contribution in [0, 0.1) is 5.82 Å². The molecule has 0 saturated heterocycles. The number of benzene rings is 1. The molecule has 3 heteroatoms. The molecule has 2 N–H and O–H groups in total. The molecule has 0 bridgehead atoms. The third-order valence-electron chi connectivity index (χ3n) is 2.92. The maximum Gasteiger partial charge on any atom is 0.129 e. The molecule has 0 aliphatic heterocycles. The topological polar surface area (TPSA) is 29.3 Å². The lowest BCUT2D eigenvalue weighted by atomic mass is 10.2. The highest BCUT2D eigenvalue weighted by Crippen LogP contribution is 2.28. The Balaban J connectivity index is 2.08. The SMILES string of the molecule is CCN(Cc1ccc(N)cc1F)C1CC1. The Morgan fingerprint density at radius 1 is 1.47 bits per heavy atom. The van der Waals surface area contributed by atoms with Gasteiger partial charge in [-0.1, -0.05) is 13.0 Å².